The van der Waals surface area contributed by atoms with Crippen molar-refractivity contribution in [3.63, 3.8) is 0 Å². The minimum Gasteiger partial charge on any atom is -0.408 e. The van der Waals surface area contributed by atoms with Crippen molar-refractivity contribution in [2.75, 3.05) is 0 Å². The van der Waals surface area contributed by atoms with E-state index >= 15 is 0 Å². The van der Waals surface area contributed by atoms with Gasteiger partial charge in [-0.05, 0) is 12.1 Å². The average Bonchev–Trinajstić information content (AvgIpc) is 2.44. The van der Waals surface area contributed by atoms with Crippen LogP contribution in [0.25, 0.3) is 11.1 Å². The molecule has 1 aromatic heterocycles. The van der Waals surface area contributed by atoms with Crippen molar-refractivity contribution < 1.29 is 9.21 Å². The third-order valence-corrected chi connectivity index (χ3v) is 1.62. The van der Waals surface area contributed by atoms with Gasteiger partial charge in [0.1, 0.15) is 0 Å². The van der Waals surface area contributed by atoms with E-state index in [1.807, 2.05) is 0 Å². The molecule has 0 saturated carbocycles. The highest BCUT2D eigenvalue weighted by atomic mass is 16.4. The Hall–Kier alpha value is -1.84. The summed E-state index contributed by atoms with van der Waals surface area (Å²) in [7, 11) is 0. The topological polar surface area (TPSA) is 63.1 Å². The fourth-order valence-electron chi connectivity index (χ4n) is 1.09. The largest absolute Gasteiger partial charge is 0.417 e. The summed E-state index contributed by atoms with van der Waals surface area (Å²) < 4.78 is 4.74. The maximum atomic E-state index is 10.7. The first-order valence-corrected chi connectivity index (χ1v) is 3.38. The quantitative estimate of drug-likeness (QED) is 0.636. The molecule has 0 radical (unpaired) electrons. The number of aromatic nitrogens is 1. The Morgan fingerprint density at radius 3 is 3.00 bits per heavy atom. The number of benzene rings is 1. The number of aromatic amines is 1. The fraction of sp³-hybridized carbons (Fsp3) is 0. The molecule has 0 saturated heterocycles. The van der Waals surface area contributed by atoms with Crippen LogP contribution in [0.4, 0.5) is 0 Å². The maximum absolute atomic E-state index is 10.7. The van der Waals surface area contributed by atoms with Gasteiger partial charge in [0.25, 0.3) is 0 Å². The van der Waals surface area contributed by atoms with E-state index in [1.165, 1.54) is 0 Å². The van der Waals surface area contributed by atoms with Crippen LogP contribution in [0.5, 0.6) is 0 Å². The monoisotopic (exact) mass is 163 g/mol. The lowest BCUT2D eigenvalue weighted by atomic mass is 10.2. The number of carbonyl (C=O) groups is 1. The van der Waals surface area contributed by atoms with Crippen molar-refractivity contribution >= 4 is 17.4 Å². The zero-order chi connectivity index (χ0) is 8.55. The third-order valence-electron chi connectivity index (χ3n) is 1.62. The van der Waals surface area contributed by atoms with Gasteiger partial charge in [0.15, 0.2) is 11.9 Å². The van der Waals surface area contributed by atoms with Crippen LogP contribution in [-0.2, 0) is 0 Å². The van der Waals surface area contributed by atoms with E-state index < -0.39 is 5.76 Å². The zero-order valence-corrected chi connectivity index (χ0v) is 6.03. The first-order valence-electron chi connectivity index (χ1n) is 3.38. The van der Waals surface area contributed by atoms with Gasteiger partial charge in [-0.15, -0.1) is 0 Å². The Kier molecular flexibility index (Phi) is 1.33. The van der Waals surface area contributed by atoms with Gasteiger partial charge >= 0.3 is 5.76 Å². The minimum atomic E-state index is -0.542. The van der Waals surface area contributed by atoms with Crippen LogP contribution in [0.15, 0.2) is 27.4 Å². The van der Waals surface area contributed by atoms with Gasteiger partial charge in [0.2, 0.25) is 0 Å². The second-order valence-electron chi connectivity index (χ2n) is 2.35. The van der Waals surface area contributed by atoms with Crippen LogP contribution < -0.4 is 5.76 Å². The van der Waals surface area contributed by atoms with Crippen LogP contribution >= 0.6 is 0 Å². The van der Waals surface area contributed by atoms with E-state index in [4.69, 9.17) is 4.42 Å². The first kappa shape index (κ1) is 6.84. The van der Waals surface area contributed by atoms with Crippen LogP contribution in [0.3, 0.4) is 0 Å². The second kappa shape index (κ2) is 2.34. The highest BCUT2D eigenvalue weighted by Crippen LogP contribution is 2.12. The summed E-state index contributed by atoms with van der Waals surface area (Å²) in [5, 5.41) is 0. The number of aldehydes is 1. The van der Waals surface area contributed by atoms with E-state index in [-0.39, 0.29) is 0 Å². The van der Waals surface area contributed by atoms with Crippen molar-refractivity contribution in [1.29, 1.82) is 0 Å². The molecular formula is C8H5NO3. The van der Waals surface area contributed by atoms with E-state index in [1.54, 1.807) is 18.2 Å². The molecule has 2 rings (SSSR count). The molecule has 12 heavy (non-hydrogen) atoms. The summed E-state index contributed by atoms with van der Waals surface area (Å²) >= 11 is 0. The molecule has 1 N–H and O–H groups in total. The Bertz CT molecular complexity index is 480. The van der Waals surface area contributed by atoms with Gasteiger partial charge in [-0.25, -0.2) is 4.79 Å². The lowest BCUT2D eigenvalue weighted by molar-refractivity contribution is 0.112. The molecule has 1 heterocycles. The summed E-state index contributed by atoms with van der Waals surface area (Å²) in [6.07, 6.45) is 0.674. The number of hydrogen-bond acceptors (Lipinski definition) is 3. The van der Waals surface area contributed by atoms with Crippen molar-refractivity contribution in [3.8, 4) is 0 Å². The number of H-pyrrole nitrogens is 1. The number of nitrogens with one attached hydrogen (secondary N) is 1. The van der Waals surface area contributed by atoms with E-state index in [9.17, 15) is 9.59 Å². The molecule has 0 unspecified atom stereocenters. The molecule has 2 aromatic rings. The van der Waals surface area contributed by atoms with Crippen LogP contribution in [0, 0.1) is 0 Å². The molecule has 0 spiro atoms. The summed E-state index contributed by atoms with van der Waals surface area (Å²) in [5.74, 6) is -0.542. The number of carbonyl (C=O) groups excluding carboxylic acids is 1. The molecular weight excluding hydrogens is 158 g/mol. The Morgan fingerprint density at radius 2 is 2.25 bits per heavy atom. The summed E-state index contributed by atoms with van der Waals surface area (Å²) in [6, 6.07) is 4.89. The Labute approximate surface area is 66.8 Å². The first-order chi connectivity index (χ1) is 5.81. The third kappa shape index (κ3) is 0.852. The molecule has 0 aliphatic rings. The SMILES string of the molecule is O=Cc1cccc2oc(=O)[nH]c12. The summed E-state index contributed by atoms with van der Waals surface area (Å²) in [5.41, 5.74) is 1.29. The number of oxazole rings is 1. The van der Waals surface area contributed by atoms with Crippen molar-refractivity contribution in [2.24, 2.45) is 0 Å². The van der Waals surface area contributed by atoms with Crippen LogP contribution in [0.2, 0.25) is 0 Å². The predicted octanol–water partition coefficient (Wildman–Crippen LogP) is 0.934. The standard InChI is InChI=1S/C8H5NO3/c10-4-5-2-1-3-6-7(5)9-8(11)12-6/h1-4H,(H,9,11). The van der Waals surface area contributed by atoms with Crippen LogP contribution in [-0.4, -0.2) is 11.3 Å². The molecule has 0 amide bonds. The lowest BCUT2D eigenvalue weighted by Crippen LogP contribution is -1.94. The zero-order valence-electron chi connectivity index (χ0n) is 6.03. The maximum Gasteiger partial charge on any atom is 0.417 e. The highest BCUT2D eigenvalue weighted by molar-refractivity contribution is 5.92. The number of fused-ring (bicyclic) bond motifs is 1. The molecule has 0 aliphatic carbocycles. The number of para-hydroxylation sites is 1. The molecule has 1 aromatic carbocycles. The normalized spacial score (nSPS) is 10.3. The van der Waals surface area contributed by atoms with Crippen molar-refractivity contribution in [3.05, 3.63) is 34.3 Å². The van der Waals surface area contributed by atoms with Gasteiger partial charge in [0, 0.05) is 5.56 Å². The van der Waals surface area contributed by atoms with Gasteiger partial charge in [-0.3, -0.25) is 9.78 Å². The summed E-state index contributed by atoms with van der Waals surface area (Å²) in [6.45, 7) is 0. The van der Waals surface area contributed by atoms with Crippen molar-refractivity contribution in [2.45, 2.75) is 0 Å². The van der Waals surface area contributed by atoms with E-state index in [0.717, 1.165) is 0 Å². The lowest BCUT2D eigenvalue weighted by Gasteiger charge is -1.88. The van der Waals surface area contributed by atoms with E-state index in [2.05, 4.69) is 4.98 Å². The predicted molar refractivity (Wildman–Crippen MR) is 42.2 cm³/mol. The molecule has 0 atom stereocenters. The Balaban J connectivity index is 2.96. The molecule has 60 valence electrons. The van der Waals surface area contributed by atoms with E-state index in [0.29, 0.717) is 22.9 Å². The Morgan fingerprint density at radius 1 is 1.42 bits per heavy atom. The molecule has 0 aliphatic heterocycles. The molecule has 0 bridgehead atoms. The average molecular weight is 163 g/mol. The van der Waals surface area contributed by atoms with Gasteiger partial charge in [-0.2, -0.15) is 0 Å². The second-order valence-corrected chi connectivity index (χ2v) is 2.35. The molecule has 4 nitrogen and oxygen atoms in total. The number of hydrogen-bond donors (Lipinski definition) is 1. The van der Waals surface area contributed by atoms with Crippen molar-refractivity contribution in [1.82, 2.24) is 4.98 Å². The van der Waals surface area contributed by atoms with Gasteiger partial charge in [-0.1, -0.05) is 6.07 Å². The minimum absolute atomic E-state index is 0.407. The highest BCUT2D eigenvalue weighted by Gasteiger charge is 2.03. The number of rotatable bonds is 1. The summed E-state index contributed by atoms with van der Waals surface area (Å²) in [4.78, 5) is 23.6. The molecule has 0 fully saturated rings. The molecule has 4 heteroatoms. The smallest absolute Gasteiger partial charge is 0.408 e. The van der Waals surface area contributed by atoms with Crippen LogP contribution in [0.1, 0.15) is 10.4 Å². The van der Waals surface area contributed by atoms with Gasteiger partial charge in [0.05, 0.1) is 5.52 Å². The fourth-order valence-corrected chi connectivity index (χ4v) is 1.09. The van der Waals surface area contributed by atoms with Gasteiger partial charge < -0.3 is 4.42 Å².